The number of amides is 2. The van der Waals surface area contributed by atoms with Crippen molar-refractivity contribution < 1.29 is 38.1 Å². The fourth-order valence-corrected chi connectivity index (χ4v) is 3.43. The van der Waals surface area contributed by atoms with Gasteiger partial charge in [-0.05, 0) is 67.2 Å². The minimum atomic E-state index is -1.20. The van der Waals surface area contributed by atoms with Gasteiger partial charge >= 0.3 is 12.2 Å². The predicted octanol–water partition coefficient (Wildman–Crippen LogP) is 3.53. The average molecular weight is 467 g/mol. The van der Waals surface area contributed by atoms with Crippen LogP contribution in [-0.4, -0.2) is 70.2 Å². The van der Waals surface area contributed by atoms with Crippen molar-refractivity contribution in [1.29, 1.82) is 0 Å². The van der Waals surface area contributed by atoms with Gasteiger partial charge in [0.1, 0.15) is 23.5 Å². The number of ether oxygens (including phenoxy) is 2. The monoisotopic (exact) mass is 466 g/mol. The molecule has 2 saturated carbocycles. The van der Waals surface area contributed by atoms with Gasteiger partial charge in [0, 0.05) is 12.8 Å². The number of nitrogens with one attached hydrogen (secondary N) is 2. The zero-order chi connectivity index (χ0) is 24.7. The normalized spacial score (nSPS) is 30.9. The van der Waals surface area contributed by atoms with Crippen LogP contribution in [0.5, 0.6) is 0 Å². The van der Waals surface area contributed by atoms with Crippen molar-refractivity contribution in [3.05, 3.63) is 0 Å². The number of rotatable bonds is 2. The average Bonchev–Trinajstić information content (AvgIpc) is 2.57. The lowest BCUT2D eigenvalue weighted by Gasteiger charge is -2.30. The standard InChI is InChI=1S/2C11H20FNO3/c2*1-11(2,3)16-10(15)13-9-5-4-7(14)6-8(9)12/h2*7-9,14H,4-6H2,1-3H3,(H,13,15)/t2*7-,8+,9-/m10/s1. The highest BCUT2D eigenvalue weighted by Gasteiger charge is 2.32. The number of hydrogen-bond donors (Lipinski definition) is 4. The van der Waals surface area contributed by atoms with E-state index in [9.17, 15) is 28.6 Å². The SMILES string of the molecule is CC(C)(C)OC(=O)N[C@@H]1CC[C@@H](O)C[C@@H]1F.CC(C)(C)OC(=O)N[C@H]1CC[C@H](O)C[C@H]1F. The van der Waals surface area contributed by atoms with Gasteiger partial charge in [0.2, 0.25) is 0 Å². The quantitative estimate of drug-likeness (QED) is 0.495. The Bertz CT molecular complexity index is 556. The number of aliphatic hydroxyl groups excluding tert-OH is 2. The molecular weight excluding hydrogens is 426 g/mol. The summed E-state index contributed by atoms with van der Waals surface area (Å²) in [6.07, 6.45) is -2.69. The predicted molar refractivity (Wildman–Crippen MR) is 116 cm³/mol. The Kier molecular flexibility index (Phi) is 10.6. The molecule has 0 aliphatic heterocycles. The van der Waals surface area contributed by atoms with E-state index in [1.165, 1.54) is 0 Å². The topological polar surface area (TPSA) is 117 Å². The lowest BCUT2D eigenvalue weighted by atomic mass is 9.91. The number of alkyl halides is 2. The minimum absolute atomic E-state index is 0.0838. The summed E-state index contributed by atoms with van der Waals surface area (Å²) in [5.41, 5.74) is -1.16. The fraction of sp³-hybridized carbons (Fsp3) is 0.909. The molecule has 0 unspecified atom stereocenters. The van der Waals surface area contributed by atoms with Crippen molar-refractivity contribution in [1.82, 2.24) is 10.6 Å². The molecule has 2 rings (SSSR count). The highest BCUT2D eigenvalue weighted by Crippen LogP contribution is 2.23. The van der Waals surface area contributed by atoms with Crippen molar-refractivity contribution in [2.45, 2.75) is 128 Å². The van der Waals surface area contributed by atoms with Crippen LogP contribution < -0.4 is 10.6 Å². The van der Waals surface area contributed by atoms with E-state index in [1.807, 2.05) is 0 Å². The highest BCUT2D eigenvalue weighted by atomic mass is 19.1. The van der Waals surface area contributed by atoms with Crippen molar-refractivity contribution in [3.63, 3.8) is 0 Å². The Balaban J connectivity index is 0.000000320. The van der Waals surface area contributed by atoms with E-state index in [1.54, 1.807) is 41.5 Å². The summed E-state index contributed by atoms with van der Waals surface area (Å²) in [7, 11) is 0. The summed E-state index contributed by atoms with van der Waals surface area (Å²) < 4.78 is 37.0. The minimum Gasteiger partial charge on any atom is -0.444 e. The van der Waals surface area contributed by atoms with Gasteiger partial charge < -0.3 is 30.3 Å². The zero-order valence-electron chi connectivity index (χ0n) is 20.0. The highest BCUT2D eigenvalue weighted by molar-refractivity contribution is 5.68. The zero-order valence-corrected chi connectivity index (χ0v) is 20.0. The molecule has 10 heteroatoms. The molecule has 32 heavy (non-hydrogen) atoms. The van der Waals surface area contributed by atoms with Gasteiger partial charge in [-0.3, -0.25) is 0 Å². The Morgan fingerprint density at radius 1 is 0.719 bits per heavy atom. The smallest absolute Gasteiger partial charge is 0.407 e. The van der Waals surface area contributed by atoms with Crippen LogP contribution in [0, 0.1) is 0 Å². The molecule has 188 valence electrons. The second-order valence-electron chi connectivity index (χ2n) is 10.5. The Morgan fingerprint density at radius 2 is 1.03 bits per heavy atom. The largest absolute Gasteiger partial charge is 0.444 e. The van der Waals surface area contributed by atoms with Crippen LogP contribution in [0.15, 0.2) is 0 Å². The van der Waals surface area contributed by atoms with E-state index in [0.29, 0.717) is 25.7 Å². The number of carbonyl (C=O) groups is 2. The van der Waals surface area contributed by atoms with E-state index >= 15 is 0 Å². The molecule has 0 aromatic heterocycles. The summed E-state index contributed by atoms with van der Waals surface area (Å²) in [5.74, 6) is 0. The van der Waals surface area contributed by atoms with Gasteiger partial charge in [-0.1, -0.05) is 0 Å². The van der Waals surface area contributed by atoms with E-state index in [4.69, 9.17) is 9.47 Å². The molecule has 6 atom stereocenters. The van der Waals surface area contributed by atoms with Gasteiger partial charge in [0.05, 0.1) is 24.3 Å². The maximum Gasteiger partial charge on any atom is 0.407 e. The third kappa shape index (κ3) is 11.8. The van der Waals surface area contributed by atoms with E-state index in [-0.39, 0.29) is 12.8 Å². The molecule has 2 aliphatic rings. The number of halogens is 2. The molecule has 2 amide bonds. The first-order chi connectivity index (χ1) is 14.6. The van der Waals surface area contributed by atoms with Gasteiger partial charge in [0.25, 0.3) is 0 Å². The van der Waals surface area contributed by atoms with Crippen molar-refractivity contribution in [2.24, 2.45) is 0 Å². The van der Waals surface area contributed by atoms with Crippen LogP contribution in [-0.2, 0) is 9.47 Å². The Hall–Kier alpha value is -1.68. The lowest BCUT2D eigenvalue weighted by molar-refractivity contribution is 0.0322. The summed E-state index contributed by atoms with van der Waals surface area (Å²) in [5, 5.41) is 23.5. The van der Waals surface area contributed by atoms with Gasteiger partial charge in [-0.2, -0.15) is 0 Å². The van der Waals surface area contributed by atoms with Crippen molar-refractivity contribution in [3.8, 4) is 0 Å². The molecule has 8 nitrogen and oxygen atoms in total. The summed E-state index contributed by atoms with van der Waals surface area (Å²) in [4.78, 5) is 22.8. The summed E-state index contributed by atoms with van der Waals surface area (Å²) >= 11 is 0. The number of hydrogen-bond acceptors (Lipinski definition) is 6. The molecule has 0 aromatic carbocycles. The van der Waals surface area contributed by atoms with Crippen molar-refractivity contribution in [2.75, 3.05) is 0 Å². The lowest BCUT2D eigenvalue weighted by Crippen LogP contribution is -2.47. The Labute approximate surface area is 189 Å². The van der Waals surface area contributed by atoms with Crippen LogP contribution in [0.1, 0.15) is 80.1 Å². The van der Waals surface area contributed by atoms with Crippen LogP contribution >= 0.6 is 0 Å². The number of carbonyl (C=O) groups excluding carboxylic acids is 2. The molecular formula is C22H40F2N2O6. The molecule has 2 fully saturated rings. The summed E-state index contributed by atoms with van der Waals surface area (Å²) in [6, 6.07) is -1.09. The fourth-order valence-electron chi connectivity index (χ4n) is 3.43. The first kappa shape index (κ1) is 28.4. The molecule has 0 aromatic rings. The van der Waals surface area contributed by atoms with Crippen LogP contribution in [0.3, 0.4) is 0 Å². The molecule has 0 radical (unpaired) electrons. The van der Waals surface area contributed by atoms with Crippen LogP contribution in [0.4, 0.5) is 18.4 Å². The molecule has 4 N–H and O–H groups in total. The molecule has 0 bridgehead atoms. The van der Waals surface area contributed by atoms with E-state index in [0.717, 1.165) is 0 Å². The number of alkyl carbamates (subject to hydrolysis) is 2. The van der Waals surface area contributed by atoms with Gasteiger partial charge in [-0.25, -0.2) is 18.4 Å². The molecule has 0 spiro atoms. The second kappa shape index (κ2) is 12.0. The third-order valence-electron chi connectivity index (χ3n) is 4.89. The van der Waals surface area contributed by atoms with E-state index < -0.39 is 60.0 Å². The maximum absolute atomic E-state index is 13.5. The molecule has 2 aliphatic carbocycles. The number of aliphatic hydroxyl groups is 2. The first-order valence-electron chi connectivity index (χ1n) is 11.2. The van der Waals surface area contributed by atoms with Crippen LogP contribution in [0.25, 0.3) is 0 Å². The van der Waals surface area contributed by atoms with Gasteiger partial charge in [0.15, 0.2) is 0 Å². The first-order valence-corrected chi connectivity index (χ1v) is 11.2. The van der Waals surface area contributed by atoms with Crippen LogP contribution in [0.2, 0.25) is 0 Å². The third-order valence-corrected chi connectivity index (χ3v) is 4.89. The van der Waals surface area contributed by atoms with Gasteiger partial charge in [-0.15, -0.1) is 0 Å². The molecule has 0 heterocycles. The maximum atomic E-state index is 13.5. The second-order valence-corrected chi connectivity index (χ2v) is 10.5. The van der Waals surface area contributed by atoms with Crippen molar-refractivity contribution >= 4 is 12.2 Å². The summed E-state index contributed by atoms with van der Waals surface area (Å²) in [6.45, 7) is 10.5. The van der Waals surface area contributed by atoms with E-state index in [2.05, 4.69) is 10.6 Å². The molecule has 0 saturated heterocycles. The Morgan fingerprint density at radius 3 is 1.28 bits per heavy atom.